The van der Waals surface area contributed by atoms with Gasteiger partial charge in [-0.15, -0.1) is 5.10 Å². The molecule has 0 aliphatic rings. The summed E-state index contributed by atoms with van der Waals surface area (Å²) in [5.41, 5.74) is 1.55. The van der Waals surface area contributed by atoms with Crippen molar-refractivity contribution in [2.75, 3.05) is 24.8 Å². The second kappa shape index (κ2) is 9.69. The van der Waals surface area contributed by atoms with Crippen LogP contribution in [0.25, 0.3) is 5.69 Å². The Bertz CT molecular complexity index is 1010. The van der Waals surface area contributed by atoms with Crippen LogP contribution in [0.2, 0.25) is 0 Å². The molecule has 0 saturated carbocycles. The lowest BCUT2D eigenvalue weighted by molar-refractivity contribution is -0.113. The predicted molar refractivity (Wildman–Crippen MR) is 107 cm³/mol. The fraction of sp³-hybridized carbons (Fsp3) is 0.211. The van der Waals surface area contributed by atoms with Crippen molar-refractivity contribution < 1.29 is 19.1 Å². The van der Waals surface area contributed by atoms with Crippen molar-refractivity contribution in [2.45, 2.75) is 12.1 Å². The van der Waals surface area contributed by atoms with Crippen LogP contribution in [0.4, 0.5) is 5.69 Å². The van der Waals surface area contributed by atoms with Crippen LogP contribution in [0.3, 0.4) is 0 Å². The smallest absolute Gasteiger partial charge is 0.338 e. The molecule has 0 aliphatic carbocycles. The summed E-state index contributed by atoms with van der Waals surface area (Å²) < 4.78 is 11.8. The number of anilines is 1. The first-order chi connectivity index (χ1) is 14.1. The predicted octanol–water partition coefficient (Wildman–Crippen LogP) is 2.58. The van der Waals surface area contributed by atoms with E-state index < -0.39 is 5.97 Å². The van der Waals surface area contributed by atoms with Crippen molar-refractivity contribution in [1.82, 2.24) is 20.2 Å². The van der Waals surface area contributed by atoms with Gasteiger partial charge in [-0.1, -0.05) is 30.0 Å². The molecule has 0 aliphatic heterocycles. The molecular weight excluding hydrogens is 394 g/mol. The van der Waals surface area contributed by atoms with E-state index in [1.165, 1.54) is 16.4 Å². The molecule has 1 heterocycles. The SMILES string of the molecule is CCOC(=O)c1cccc(NC(=O)CSc2nnnn2-c2ccccc2OC)c1. The normalized spacial score (nSPS) is 10.4. The number of carbonyl (C=O) groups excluding carboxylic acids is 2. The van der Waals surface area contributed by atoms with E-state index in [1.807, 2.05) is 18.2 Å². The topological polar surface area (TPSA) is 108 Å². The fourth-order valence-electron chi connectivity index (χ4n) is 2.49. The van der Waals surface area contributed by atoms with Gasteiger partial charge in [-0.25, -0.2) is 4.79 Å². The number of methoxy groups -OCH3 is 1. The Labute approximate surface area is 171 Å². The van der Waals surface area contributed by atoms with Crippen LogP contribution < -0.4 is 10.1 Å². The zero-order valence-electron chi connectivity index (χ0n) is 15.9. The monoisotopic (exact) mass is 413 g/mol. The maximum absolute atomic E-state index is 12.3. The summed E-state index contributed by atoms with van der Waals surface area (Å²) in [5.74, 6) is 0.000483. The zero-order valence-corrected chi connectivity index (χ0v) is 16.7. The van der Waals surface area contributed by atoms with Crippen molar-refractivity contribution >= 4 is 29.3 Å². The van der Waals surface area contributed by atoms with Gasteiger partial charge < -0.3 is 14.8 Å². The number of benzene rings is 2. The summed E-state index contributed by atoms with van der Waals surface area (Å²) in [5, 5.41) is 14.8. The summed E-state index contributed by atoms with van der Waals surface area (Å²) in [7, 11) is 1.56. The first-order valence-corrected chi connectivity index (χ1v) is 9.72. The summed E-state index contributed by atoms with van der Waals surface area (Å²) >= 11 is 1.18. The Morgan fingerprint density at radius 2 is 2.00 bits per heavy atom. The second-order valence-electron chi connectivity index (χ2n) is 5.68. The molecule has 1 N–H and O–H groups in total. The first kappa shape index (κ1) is 20.3. The van der Waals surface area contributed by atoms with Crippen LogP contribution >= 0.6 is 11.8 Å². The number of amides is 1. The van der Waals surface area contributed by atoms with Crippen LogP contribution in [0, 0.1) is 0 Å². The molecule has 0 spiro atoms. The fourth-order valence-corrected chi connectivity index (χ4v) is 3.17. The van der Waals surface area contributed by atoms with Gasteiger partial charge in [0.05, 0.1) is 25.0 Å². The molecule has 9 nitrogen and oxygen atoms in total. The molecular formula is C19H19N5O4S. The lowest BCUT2D eigenvalue weighted by Gasteiger charge is -2.09. The number of para-hydroxylation sites is 2. The third kappa shape index (κ3) is 5.11. The molecule has 0 saturated heterocycles. The first-order valence-electron chi connectivity index (χ1n) is 8.74. The molecule has 0 radical (unpaired) electrons. The van der Waals surface area contributed by atoms with Crippen LogP contribution in [0.1, 0.15) is 17.3 Å². The van der Waals surface area contributed by atoms with E-state index in [4.69, 9.17) is 9.47 Å². The van der Waals surface area contributed by atoms with E-state index in [1.54, 1.807) is 44.4 Å². The molecule has 0 fully saturated rings. The molecule has 0 atom stereocenters. The zero-order chi connectivity index (χ0) is 20.6. The Hall–Kier alpha value is -3.40. The second-order valence-corrected chi connectivity index (χ2v) is 6.63. The number of aromatic nitrogens is 4. The van der Waals surface area contributed by atoms with Crippen LogP contribution in [0.15, 0.2) is 53.7 Å². The number of tetrazole rings is 1. The number of hydrogen-bond donors (Lipinski definition) is 1. The largest absolute Gasteiger partial charge is 0.494 e. The van der Waals surface area contributed by atoms with E-state index in [9.17, 15) is 9.59 Å². The maximum Gasteiger partial charge on any atom is 0.338 e. The Morgan fingerprint density at radius 1 is 1.17 bits per heavy atom. The third-order valence-electron chi connectivity index (χ3n) is 3.74. The third-order valence-corrected chi connectivity index (χ3v) is 4.66. The Kier molecular flexibility index (Phi) is 6.80. The van der Waals surface area contributed by atoms with Gasteiger partial charge in [0.2, 0.25) is 11.1 Å². The number of esters is 1. The minimum Gasteiger partial charge on any atom is -0.494 e. The molecule has 10 heteroatoms. The van der Waals surface area contributed by atoms with E-state index in [2.05, 4.69) is 20.8 Å². The minimum absolute atomic E-state index is 0.0825. The van der Waals surface area contributed by atoms with Crippen LogP contribution in [-0.4, -0.2) is 51.6 Å². The van der Waals surface area contributed by atoms with Crippen molar-refractivity contribution in [2.24, 2.45) is 0 Å². The van der Waals surface area contributed by atoms with E-state index in [0.29, 0.717) is 27.8 Å². The number of rotatable bonds is 8. The summed E-state index contributed by atoms with van der Waals surface area (Å²) in [4.78, 5) is 24.1. The minimum atomic E-state index is -0.436. The molecule has 150 valence electrons. The molecule has 3 aromatic rings. The number of nitrogens with zero attached hydrogens (tertiary/aromatic N) is 4. The highest BCUT2D eigenvalue weighted by Gasteiger charge is 2.15. The summed E-state index contributed by atoms with van der Waals surface area (Å²) in [6.07, 6.45) is 0. The molecule has 1 aromatic heterocycles. The molecule has 0 bridgehead atoms. The molecule has 3 rings (SSSR count). The van der Waals surface area contributed by atoms with Crippen molar-refractivity contribution in [3.63, 3.8) is 0 Å². The van der Waals surface area contributed by atoms with Gasteiger partial charge in [-0.3, -0.25) is 4.79 Å². The van der Waals surface area contributed by atoms with E-state index in [-0.39, 0.29) is 18.3 Å². The lowest BCUT2D eigenvalue weighted by Crippen LogP contribution is -2.15. The van der Waals surface area contributed by atoms with Crippen molar-refractivity contribution in [3.05, 3.63) is 54.1 Å². The highest BCUT2D eigenvalue weighted by Crippen LogP contribution is 2.25. The number of ether oxygens (including phenoxy) is 2. The molecule has 2 aromatic carbocycles. The van der Waals surface area contributed by atoms with Gasteiger partial charge in [0, 0.05) is 5.69 Å². The number of nitrogens with one attached hydrogen (secondary N) is 1. The molecule has 0 unspecified atom stereocenters. The number of carbonyl (C=O) groups is 2. The van der Waals surface area contributed by atoms with Crippen LogP contribution in [0.5, 0.6) is 5.75 Å². The molecule has 29 heavy (non-hydrogen) atoms. The number of thioether (sulfide) groups is 1. The lowest BCUT2D eigenvalue weighted by atomic mass is 10.2. The van der Waals surface area contributed by atoms with Crippen LogP contribution in [-0.2, 0) is 9.53 Å². The molecule has 1 amide bonds. The maximum atomic E-state index is 12.3. The number of hydrogen-bond acceptors (Lipinski definition) is 8. The van der Waals surface area contributed by atoms with E-state index in [0.717, 1.165) is 0 Å². The van der Waals surface area contributed by atoms with Gasteiger partial charge in [-0.05, 0) is 47.7 Å². The Balaban J connectivity index is 1.65. The van der Waals surface area contributed by atoms with Crippen molar-refractivity contribution in [3.8, 4) is 11.4 Å². The van der Waals surface area contributed by atoms with Gasteiger partial charge >= 0.3 is 5.97 Å². The average molecular weight is 413 g/mol. The average Bonchev–Trinajstić information content (AvgIpc) is 3.21. The van der Waals surface area contributed by atoms with Gasteiger partial charge in [0.15, 0.2) is 0 Å². The van der Waals surface area contributed by atoms with Gasteiger partial charge in [0.25, 0.3) is 0 Å². The standard InChI is InChI=1S/C19H19N5O4S/c1-3-28-18(26)13-7-6-8-14(11-13)20-17(25)12-29-19-21-22-23-24(19)15-9-4-5-10-16(15)27-2/h4-11H,3,12H2,1-2H3,(H,20,25). The highest BCUT2D eigenvalue weighted by molar-refractivity contribution is 7.99. The summed E-state index contributed by atoms with van der Waals surface area (Å²) in [6, 6.07) is 13.9. The Morgan fingerprint density at radius 3 is 2.79 bits per heavy atom. The van der Waals surface area contributed by atoms with Crippen molar-refractivity contribution in [1.29, 1.82) is 0 Å². The van der Waals surface area contributed by atoms with E-state index >= 15 is 0 Å². The van der Waals surface area contributed by atoms with Gasteiger partial charge in [-0.2, -0.15) is 4.68 Å². The quantitative estimate of drug-likeness (QED) is 0.443. The van der Waals surface area contributed by atoms with Gasteiger partial charge in [0.1, 0.15) is 11.4 Å². The highest BCUT2D eigenvalue weighted by atomic mass is 32.2. The summed E-state index contributed by atoms with van der Waals surface area (Å²) in [6.45, 7) is 2.02.